The minimum Gasteiger partial charge on any atom is -0.383 e. The number of nitrogens with one attached hydrogen (secondary N) is 1. The van der Waals surface area contributed by atoms with Gasteiger partial charge in [-0.15, -0.1) is 0 Å². The fourth-order valence-electron chi connectivity index (χ4n) is 4.83. The van der Waals surface area contributed by atoms with Crippen molar-refractivity contribution in [3.8, 4) is 0 Å². The summed E-state index contributed by atoms with van der Waals surface area (Å²) < 4.78 is 6.99. The standard InChI is InChI=1S/C30H36N4O3/c1-4-6-11-19-33(30(36)32-25-18-12-14-22-13-7-8-15-23(22)25)27(5-2)28-31-26-17-10-9-16-24(26)29(35)34(28)20-21-37-3/h7-10,12-18,27H,4-6,11,19-21H2,1-3H3,(H,32,36). The third-order valence-electron chi connectivity index (χ3n) is 6.77. The van der Waals surface area contributed by atoms with Crippen LogP contribution in [0.25, 0.3) is 21.7 Å². The highest BCUT2D eigenvalue weighted by atomic mass is 16.5. The molecule has 194 valence electrons. The molecule has 1 N–H and O–H groups in total. The van der Waals surface area contributed by atoms with Crippen molar-refractivity contribution in [2.24, 2.45) is 0 Å². The molecule has 0 spiro atoms. The molecule has 4 rings (SSSR count). The van der Waals surface area contributed by atoms with Gasteiger partial charge in [0.1, 0.15) is 5.82 Å². The Morgan fingerprint density at radius 1 is 1.00 bits per heavy atom. The van der Waals surface area contributed by atoms with Crippen LogP contribution in [0.15, 0.2) is 71.5 Å². The highest BCUT2D eigenvalue weighted by Gasteiger charge is 2.28. The van der Waals surface area contributed by atoms with Crippen molar-refractivity contribution in [3.05, 3.63) is 82.9 Å². The van der Waals surface area contributed by atoms with E-state index < -0.39 is 0 Å². The Morgan fingerprint density at radius 2 is 1.73 bits per heavy atom. The highest BCUT2D eigenvalue weighted by Crippen LogP contribution is 2.28. The number of ether oxygens (including phenoxy) is 1. The molecule has 0 fully saturated rings. The van der Waals surface area contributed by atoms with Crippen LogP contribution in [-0.2, 0) is 11.3 Å². The van der Waals surface area contributed by atoms with Gasteiger partial charge in [-0.2, -0.15) is 0 Å². The maximum Gasteiger partial charge on any atom is 0.322 e. The van der Waals surface area contributed by atoms with Crippen LogP contribution >= 0.6 is 0 Å². The number of hydrogen-bond donors (Lipinski definition) is 1. The number of carbonyl (C=O) groups excluding carboxylic acids is 1. The summed E-state index contributed by atoms with van der Waals surface area (Å²) in [5.41, 5.74) is 1.29. The Morgan fingerprint density at radius 3 is 2.49 bits per heavy atom. The number of hydrogen-bond acceptors (Lipinski definition) is 4. The van der Waals surface area contributed by atoms with Crippen LogP contribution in [0.5, 0.6) is 0 Å². The number of amides is 2. The first-order valence-corrected chi connectivity index (χ1v) is 13.1. The van der Waals surface area contributed by atoms with E-state index >= 15 is 0 Å². The maximum atomic E-state index is 13.9. The fraction of sp³-hybridized carbons (Fsp3) is 0.367. The van der Waals surface area contributed by atoms with Gasteiger partial charge in [-0.1, -0.05) is 75.2 Å². The van der Waals surface area contributed by atoms with Crippen molar-refractivity contribution in [3.63, 3.8) is 0 Å². The maximum absolute atomic E-state index is 13.9. The van der Waals surface area contributed by atoms with Crippen LogP contribution < -0.4 is 10.9 Å². The van der Waals surface area contributed by atoms with E-state index in [0.717, 1.165) is 35.7 Å². The summed E-state index contributed by atoms with van der Waals surface area (Å²) in [7, 11) is 1.62. The van der Waals surface area contributed by atoms with Crippen LogP contribution in [-0.4, -0.2) is 40.7 Å². The van der Waals surface area contributed by atoms with Crippen molar-refractivity contribution in [1.29, 1.82) is 0 Å². The number of para-hydroxylation sites is 1. The van der Waals surface area contributed by atoms with Crippen molar-refractivity contribution in [2.45, 2.75) is 52.1 Å². The van der Waals surface area contributed by atoms with Gasteiger partial charge in [0.05, 0.1) is 35.8 Å². The lowest BCUT2D eigenvalue weighted by Crippen LogP contribution is -2.42. The van der Waals surface area contributed by atoms with Gasteiger partial charge < -0.3 is 15.0 Å². The van der Waals surface area contributed by atoms with Crippen molar-refractivity contribution in [1.82, 2.24) is 14.5 Å². The van der Waals surface area contributed by atoms with Gasteiger partial charge in [-0.05, 0) is 36.4 Å². The molecule has 1 aromatic heterocycles. The average molecular weight is 501 g/mol. The summed E-state index contributed by atoms with van der Waals surface area (Å²) in [4.78, 5) is 34.2. The van der Waals surface area contributed by atoms with Gasteiger partial charge in [0.2, 0.25) is 0 Å². The SMILES string of the molecule is CCCCCN(C(=O)Nc1cccc2ccccc12)C(CC)c1nc2ccccc2c(=O)n1CCOC. The number of unbranched alkanes of at least 4 members (excludes halogenated alkanes) is 2. The quantitative estimate of drug-likeness (QED) is 0.243. The van der Waals surface area contributed by atoms with E-state index in [-0.39, 0.29) is 17.6 Å². The summed E-state index contributed by atoms with van der Waals surface area (Å²) in [6.07, 6.45) is 3.54. The molecule has 7 nitrogen and oxygen atoms in total. The molecule has 1 unspecified atom stereocenters. The molecule has 37 heavy (non-hydrogen) atoms. The van der Waals surface area contributed by atoms with Crippen LogP contribution in [0.1, 0.15) is 51.4 Å². The Balaban J connectivity index is 1.77. The summed E-state index contributed by atoms with van der Waals surface area (Å²) in [5, 5.41) is 5.77. The smallest absolute Gasteiger partial charge is 0.322 e. The number of methoxy groups -OCH3 is 1. The Hall–Kier alpha value is -3.71. The van der Waals surface area contributed by atoms with Gasteiger partial charge in [-0.3, -0.25) is 9.36 Å². The molecule has 0 saturated heterocycles. The number of nitrogens with zero attached hydrogens (tertiary/aromatic N) is 3. The number of aromatic nitrogens is 2. The van der Waals surface area contributed by atoms with E-state index in [4.69, 9.17) is 9.72 Å². The van der Waals surface area contributed by atoms with Crippen LogP contribution in [0.4, 0.5) is 10.5 Å². The molecule has 4 aromatic rings. The molecule has 0 aliphatic heterocycles. The molecule has 0 aliphatic rings. The second-order valence-corrected chi connectivity index (χ2v) is 9.22. The molecular weight excluding hydrogens is 464 g/mol. The van der Waals surface area contributed by atoms with Crippen LogP contribution in [0.2, 0.25) is 0 Å². The van der Waals surface area contributed by atoms with Gasteiger partial charge in [0.25, 0.3) is 5.56 Å². The molecular formula is C30H36N4O3. The average Bonchev–Trinajstić information content (AvgIpc) is 2.92. The topological polar surface area (TPSA) is 76.5 Å². The molecule has 3 aromatic carbocycles. The van der Waals surface area contributed by atoms with Gasteiger partial charge in [0, 0.05) is 19.0 Å². The van der Waals surface area contributed by atoms with Gasteiger partial charge in [-0.25, -0.2) is 9.78 Å². The second-order valence-electron chi connectivity index (χ2n) is 9.22. The molecule has 0 aliphatic carbocycles. The van der Waals surface area contributed by atoms with Crippen LogP contribution in [0, 0.1) is 0 Å². The van der Waals surface area contributed by atoms with E-state index in [1.54, 1.807) is 17.7 Å². The lowest BCUT2D eigenvalue weighted by Gasteiger charge is -2.32. The highest BCUT2D eigenvalue weighted by molar-refractivity contribution is 6.01. The van der Waals surface area contributed by atoms with E-state index in [1.807, 2.05) is 72.5 Å². The molecule has 1 heterocycles. The Bertz CT molecular complexity index is 1410. The first-order valence-electron chi connectivity index (χ1n) is 13.1. The number of anilines is 1. The Labute approximate surface area is 218 Å². The van der Waals surface area contributed by atoms with E-state index in [9.17, 15) is 9.59 Å². The van der Waals surface area contributed by atoms with Gasteiger partial charge in [0.15, 0.2) is 0 Å². The molecule has 0 bridgehead atoms. The normalized spacial score (nSPS) is 12.1. The number of urea groups is 1. The monoisotopic (exact) mass is 500 g/mol. The molecule has 0 saturated carbocycles. The Kier molecular flexibility index (Phi) is 8.90. The third-order valence-corrected chi connectivity index (χ3v) is 6.77. The molecule has 1 atom stereocenters. The second kappa shape index (κ2) is 12.5. The first-order chi connectivity index (χ1) is 18.1. The zero-order valence-electron chi connectivity index (χ0n) is 21.9. The lowest BCUT2D eigenvalue weighted by molar-refractivity contribution is 0.168. The zero-order chi connectivity index (χ0) is 26.2. The molecule has 7 heteroatoms. The number of rotatable bonds is 11. The largest absolute Gasteiger partial charge is 0.383 e. The molecule has 2 amide bonds. The molecule has 0 radical (unpaired) electrons. The minimum absolute atomic E-state index is 0.112. The van der Waals surface area contributed by atoms with Crippen molar-refractivity contribution >= 4 is 33.4 Å². The zero-order valence-corrected chi connectivity index (χ0v) is 21.9. The summed E-state index contributed by atoms with van der Waals surface area (Å²) in [6, 6.07) is 20.7. The van der Waals surface area contributed by atoms with E-state index in [1.165, 1.54) is 0 Å². The first kappa shape index (κ1) is 26.4. The predicted octanol–water partition coefficient (Wildman–Crippen LogP) is 6.37. The number of fused-ring (bicyclic) bond motifs is 2. The van der Waals surface area contributed by atoms with Crippen molar-refractivity contribution in [2.75, 3.05) is 25.6 Å². The van der Waals surface area contributed by atoms with E-state index in [2.05, 4.69) is 12.2 Å². The summed E-state index contributed by atoms with van der Waals surface area (Å²) >= 11 is 0. The van der Waals surface area contributed by atoms with E-state index in [0.29, 0.717) is 42.8 Å². The van der Waals surface area contributed by atoms with Crippen LogP contribution in [0.3, 0.4) is 0 Å². The predicted molar refractivity (Wildman–Crippen MR) is 150 cm³/mol. The summed E-state index contributed by atoms with van der Waals surface area (Å²) in [6.45, 7) is 5.49. The van der Waals surface area contributed by atoms with Gasteiger partial charge >= 0.3 is 6.03 Å². The minimum atomic E-state index is -0.374. The fourth-order valence-corrected chi connectivity index (χ4v) is 4.83. The summed E-state index contributed by atoms with van der Waals surface area (Å²) in [5.74, 6) is 0.591. The number of benzene rings is 3. The number of carbonyl (C=O) groups is 1. The van der Waals surface area contributed by atoms with Crippen molar-refractivity contribution < 1.29 is 9.53 Å². The lowest BCUT2D eigenvalue weighted by atomic mass is 10.1. The third kappa shape index (κ3) is 5.83.